The van der Waals surface area contributed by atoms with Crippen LogP contribution in [0.4, 0.5) is 5.69 Å². The van der Waals surface area contributed by atoms with E-state index in [2.05, 4.69) is 26.4 Å². The van der Waals surface area contributed by atoms with Crippen LogP contribution in [0.25, 0.3) is 0 Å². The molecule has 1 aliphatic heterocycles. The zero-order valence-corrected chi connectivity index (χ0v) is 13.1. The maximum atomic E-state index is 11.1. The summed E-state index contributed by atoms with van der Waals surface area (Å²) in [5, 5.41) is 3.84. The highest BCUT2D eigenvalue weighted by atomic mass is 36.0. The molecule has 1 amide bonds. The highest BCUT2D eigenvalue weighted by Gasteiger charge is 2.17. The number of anilines is 1. The number of amides is 1. The monoisotopic (exact) mass is 338 g/mol. The molecule has 0 spiro atoms. The van der Waals surface area contributed by atoms with Crippen molar-refractivity contribution in [2.45, 2.75) is 19.3 Å². The maximum Gasteiger partial charge on any atom is 0.317 e. The van der Waals surface area contributed by atoms with Gasteiger partial charge in [0, 0.05) is 34.5 Å². The molecule has 0 N–H and O–H groups in total. The fraction of sp³-hybridized carbons (Fsp3) is 0.417. The average Bonchev–Trinajstić information content (AvgIpc) is 2.40. The quantitative estimate of drug-likeness (QED) is 0.628. The Balaban J connectivity index is 0.000000347. The zero-order valence-electron chi connectivity index (χ0n) is 10.8. The minimum Gasteiger partial charge on any atom is -0.277 e. The van der Waals surface area contributed by atoms with E-state index < -0.39 is 8.26 Å². The van der Waals surface area contributed by atoms with Crippen LogP contribution < -0.4 is 5.01 Å². The van der Waals surface area contributed by atoms with E-state index in [1.54, 1.807) is 5.01 Å². The topological polar surface area (TPSA) is 57.7 Å². The van der Waals surface area contributed by atoms with Crippen LogP contribution in [0.15, 0.2) is 30.3 Å². The molecule has 0 unspecified atom stereocenters. The molecule has 1 aliphatic rings. The summed E-state index contributed by atoms with van der Waals surface area (Å²) in [5.41, 5.74) is 0.953. The number of carbonyl (C=O) groups excluding carboxylic acids is 1. The van der Waals surface area contributed by atoms with E-state index in [1.807, 2.05) is 30.3 Å². The molecule has 20 heavy (non-hydrogen) atoms. The second-order valence-electron chi connectivity index (χ2n) is 4.18. The minimum absolute atomic E-state index is 0.903. The number of piperidine rings is 1. The number of hydrogen-bond acceptors (Lipinski definition) is 4. The van der Waals surface area contributed by atoms with Crippen LogP contribution in [-0.4, -0.2) is 32.9 Å². The largest absolute Gasteiger partial charge is 0.317 e. The predicted molar refractivity (Wildman–Crippen MR) is 81.0 cm³/mol. The van der Waals surface area contributed by atoms with Crippen LogP contribution in [0.5, 0.6) is 0 Å². The van der Waals surface area contributed by atoms with Crippen LogP contribution in [0, 0.1) is 0 Å². The van der Waals surface area contributed by atoms with Gasteiger partial charge in [0.05, 0.1) is 5.69 Å². The number of hydrogen-bond donors (Lipinski definition) is 0. The number of benzene rings is 1. The van der Waals surface area contributed by atoms with Crippen LogP contribution in [0.2, 0.25) is 0 Å². The highest BCUT2D eigenvalue weighted by Crippen LogP contribution is 2.18. The van der Waals surface area contributed by atoms with Gasteiger partial charge in [0.15, 0.2) is 0 Å². The lowest BCUT2D eigenvalue weighted by Crippen LogP contribution is -2.44. The van der Waals surface area contributed by atoms with Gasteiger partial charge in [-0.2, -0.15) is 8.42 Å². The lowest BCUT2D eigenvalue weighted by Gasteiger charge is -2.34. The Kier molecular flexibility index (Phi) is 7.29. The van der Waals surface area contributed by atoms with Crippen molar-refractivity contribution in [2.75, 3.05) is 18.1 Å². The van der Waals surface area contributed by atoms with Gasteiger partial charge in [0.25, 0.3) is 0 Å². The molecule has 1 saturated heterocycles. The van der Waals surface area contributed by atoms with Crippen LogP contribution in [0.3, 0.4) is 0 Å². The second-order valence-corrected chi connectivity index (χ2v) is 7.85. The third kappa shape index (κ3) is 7.09. The number of halogens is 2. The Morgan fingerprint density at radius 1 is 1.05 bits per heavy atom. The minimum atomic E-state index is -3.72. The van der Waals surface area contributed by atoms with Crippen molar-refractivity contribution in [2.24, 2.45) is 0 Å². The summed E-state index contributed by atoms with van der Waals surface area (Å²) in [7, 11) is 4.81. The van der Waals surface area contributed by atoms with Gasteiger partial charge in [-0.25, -0.2) is 10.0 Å². The molecule has 0 bridgehead atoms. The lowest BCUT2D eigenvalue weighted by atomic mass is 10.2. The second kappa shape index (κ2) is 8.46. The average molecular weight is 339 g/mol. The Morgan fingerprint density at radius 3 is 2.00 bits per heavy atom. The predicted octanol–water partition coefficient (Wildman–Crippen LogP) is 2.76. The summed E-state index contributed by atoms with van der Waals surface area (Å²) in [6.07, 6.45) is 4.53. The van der Waals surface area contributed by atoms with Crippen molar-refractivity contribution >= 4 is 41.7 Å². The first-order valence-corrected chi connectivity index (χ1v) is 9.24. The van der Waals surface area contributed by atoms with Gasteiger partial charge >= 0.3 is 8.26 Å². The van der Waals surface area contributed by atoms with Gasteiger partial charge in [-0.15, -0.1) is 0 Å². The molecule has 0 aromatic heterocycles. The molecule has 0 radical (unpaired) electrons. The molecule has 112 valence electrons. The fourth-order valence-corrected chi connectivity index (χ4v) is 1.96. The zero-order chi connectivity index (χ0) is 15.0. The molecular formula is C12H16Cl2N2O3S. The standard InChI is InChI=1S/C12H16N2O.Cl2O2S/c15-11-14(12-7-3-1-4-8-12)13-9-5-2-6-10-13;1-5(2,3)4/h1,3-4,7-8,11H,2,5-6,9-10H2;. The third-order valence-corrected chi connectivity index (χ3v) is 2.76. The number of para-hydroxylation sites is 1. The number of hydrazine groups is 1. The van der Waals surface area contributed by atoms with Crippen molar-refractivity contribution in [3.8, 4) is 0 Å². The highest BCUT2D eigenvalue weighted by molar-refractivity contribution is 8.31. The Morgan fingerprint density at radius 2 is 1.55 bits per heavy atom. The summed E-state index contributed by atoms with van der Waals surface area (Å²) < 4.78 is 18.3. The molecule has 0 atom stereocenters. The Hall–Kier alpha value is -0.820. The first-order chi connectivity index (χ1) is 9.42. The maximum absolute atomic E-state index is 11.1. The Bertz CT molecular complexity index is 497. The number of rotatable bonds is 3. The van der Waals surface area contributed by atoms with Crippen LogP contribution in [-0.2, 0) is 13.1 Å². The van der Waals surface area contributed by atoms with E-state index in [0.29, 0.717) is 0 Å². The first-order valence-electron chi connectivity index (χ1n) is 6.10. The normalized spacial score (nSPS) is 15.9. The molecular weight excluding hydrogens is 323 g/mol. The molecule has 0 aliphatic carbocycles. The molecule has 2 rings (SSSR count). The molecule has 8 heteroatoms. The van der Waals surface area contributed by atoms with E-state index in [0.717, 1.165) is 25.2 Å². The molecule has 1 fully saturated rings. The summed E-state index contributed by atoms with van der Waals surface area (Å²) in [6, 6.07) is 9.79. The van der Waals surface area contributed by atoms with Gasteiger partial charge in [-0.1, -0.05) is 24.6 Å². The van der Waals surface area contributed by atoms with E-state index in [4.69, 9.17) is 8.42 Å². The van der Waals surface area contributed by atoms with Gasteiger partial charge in [0.2, 0.25) is 6.41 Å². The number of nitrogens with zero attached hydrogens (tertiary/aromatic N) is 2. The van der Waals surface area contributed by atoms with Gasteiger partial charge in [-0.3, -0.25) is 4.79 Å². The van der Waals surface area contributed by atoms with Crippen molar-refractivity contribution < 1.29 is 13.2 Å². The molecule has 1 aromatic rings. The van der Waals surface area contributed by atoms with Crippen LogP contribution >= 0.6 is 21.4 Å². The van der Waals surface area contributed by atoms with E-state index in [1.165, 1.54) is 19.3 Å². The van der Waals surface area contributed by atoms with Gasteiger partial charge in [0.1, 0.15) is 0 Å². The van der Waals surface area contributed by atoms with Crippen molar-refractivity contribution in [3.05, 3.63) is 30.3 Å². The summed E-state index contributed by atoms with van der Waals surface area (Å²) in [5.74, 6) is 0. The van der Waals surface area contributed by atoms with E-state index >= 15 is 0 Å². The van der Waals surface area contributed by atoms with Crippen molar-refractivity contribution in [1.29, 1.82) is 0 Å². The van der Waals surface area contributed by atoms with Crippen LogP contribution in [0.1, 0.15) is 19.3 Å². The van der Waals surface area contributed by atoms with Gasteiger partial charge < -0.3 is 0 Å². The molecule has 1 heterocycles. The molecule has 5 nitrogen and oxygen atoms in total. The smallest absolute Gasteiger partial charge is 0.277 e. The number of carbonyl (C=O) groups is 1. The lowest BCUT2D eigenvalue weighted by molar-refractivity contribution is -0.110. The summed E-state index contributed by atoms with van der Waals surface area (Å²) >= 11 is 0. The SMILES string of the molecule is O=CN(c1ccccc1)N1CCCCC1.O=S(=O)(Cl)Cl. The molecule has 1 aromatic carbocycles. The first kappa shape index (κ1) is 17.2. The van der Waals surface area contributed by atoms with E-state index in [9.17, 15) is 4.79 Å². The van der Waals surface area contributed by atoms with Crippen molar-refractivity contribution in [3.63, 3.8) is 0 Å². The van der Waals surface area contributed by atoms with Gasteiger partial charge in [-0.05, 0) is 25.0 Å². The third-order valence-electron chi connectivity index (χ3n) is 2.76. The fourth-order valence-electron chi connectivity index (χ4n) is 1.96. The molecule has 0 saturated carbocycles. The summed E-state index contributed by atoms with van der Waals surface area (Å²) in [6.45, 7) is 1.96. The van der Waals surface area contributed by atoms with E-state index in [-0.39, 0.29) is 0 Å². The van der Waals surface area contributed by atoms with Crippen molar-refractivity contribution in [1.82, 2.24) is 5.01 Å². The Labute approximate surface area is 128 Å². The summed E-state index contributed by atoms with van der Waals surface area (Å²) in [4.78, 5) is 11.1.